The van der Waals surface area contributed by atoms with Crippen molar-refractivity contribution in [3.05, 3.63) is 29.8 Å². The highest BCUT2D eigenvalue weighted by Crippen LogP contribution is 2.39. The van der Waals surface area contributed by atoms with E-state index in [-0.39, 0.29) is 42.1 Å². The zero-order valence-electron chi connectivity index (χ0n) is 17.4. The van der Waals surface area contributed by atoms with Crippen molar-refractivity contribution in [2.75, 3.05) is 19.3 Å². The predicted molar refractivity (Wildman–Crippen MR) is 110 cm³/mol. The van der Waals surface area contributed by atoms with Gasteiger partial charge in [0, 0.05) is 19.3 Å². The summed E-state index contributed by atoms with van der Waals surface area (Å²) in [5.41, 5.74) is 0.950. The molecule has 2 N–H and O–H groups in total. The summed E-state index contributed by atoms with van der Waals surface area (Å²) in [5, 5.41) is 5.96. The Morgan fingerprint density at radius 1 is 1.17 bits per heavy atom. The molecule has 1 aromatic carbocycles. The summed E-state index contributed by atoms with van der Waals surface area (Å²) in [4.78, 5) is 12.4. The van der Waals surface area contributed by atoms with Gasteiger partial charge in [-0.1, -0.05) is 18.1 Å². The van der Waals surface area contributed by atoms with Crippen LogP contribution in [0.15, 0.2) is 29.2 Å². The largest absolute Gasteiger partial charge is 0.367 e. The highest BCUT2D eigenvalue weighted by Gasteiger charge is 2.55. The summed E-state index contributed by atoms with van der Waals surface area (Å²) in [7, 11) is -3.21. The molecular weight excluding hydrogens is 408 g/mol. The Bertz CT molecular complexity index is 906. The number of carbonyl (C=O) groups excluding carboxylic acids is 1. The third kappa shape index (κ3) is 5.59. The first-order chi connectivity index (χ1) is 14.1. The van der Waals surface area contributed by atoms with Crippen molar-refractivity contribution in [3.63, 3.8) is 0 Å². The Kier molecular flexibility index (Phi) is 6.84. The van der Waals surface area contributed by atoms with Crippen LogP contribution in [-0.2, 0) is 35.4 Å². The second-order valence-electron chi connectivity index (χ2n) is 8.01. The van der Waals surface area contributed by atoms with Gasteiger partial charge in [0.15, 0.2) is 15.6 Å². The van der Waals surface area contributed by atoms with E-state index in [0.717, 1.165) is 5.56 Å². The van der Waals surface area contributed by atoms with Gasteiger partial charge in [-0.2, -0.15) is 0 Å². The fourth-order valence-electron chi connectivity index (χ4n) is 3.72. The third-order valence-electron chi connectivity index (χ3n) is 5.05. The first-order valence-corrected chi connectivity index (χ1v) is 11.7. The maximum absolute atomic E-state index is 12.1. The Morgan fingerprint density at radius 3 is 2.40 bits per heavy atom. The summed E-state index contributed by atoms with van der Waals surface area (Å²) in [6.45, 7) is 4.89. The molecule has 9 heteroatoms. The number of ether oxygens (including phenoxy) is 3. The number of fused-ring (bicyclic) bond motifs is 1. The summed E-state index contributed by atoms with van der Waals surface area (Å²) in [6, 6.07) is 6.74. The number of sulfone groups is 1. The molecule has 0 aromatic heterocycles. The highest BCUT2D eigenvalue weighted by atomic mass is 32.2. The lowest BCUT2D eigenvalue weighted by molar-refractivity contribution is -0.187. The minimum absolute atomic E-state index is 0.145. The first kappa shape index (κ1) is 22.7. The van der Waals surface area contributed by atoms with Crippen molar-refractivity contribution in [1.82, 2.24) is 10.6 Å². The van der Waals surface area contributed by atoms with Crippen LogP contribution < -0.4 is 10.6 Å². The fraction of sp³-hybridized carbons (Fsp3) is 0.571. The molecule has 2 aliphatic heterocycles. The third-order valence-corrected chi connectivity index (χ3v) is 6.17. The van der Waals surface area contributed by atoms with E-state index in [9.17, 15) is 13.2 Å². The zero-order chi connectivity index (χ0) is 21.9. The molecule has 0 aliphatic carbocycles. The van der Waals surface area contributed by atoms with E-state index < -0.39 is 21.7 Å². The minimum atomic E-state index is -3.21. The molecule has 2 saturated heterocycles. The van der Waals surface area contributed by atoms with Crippen molar-refractivity contribution in [1.29, 1.82) is 0 Å². The number of hydrogen-bond acceptors (Lipinski definition) is 7. The molecule has 4 atom stereocenters. The van der Waals surface area contributed by atoms with Gasteiger partial charge in [-0.3, -0.25) is 4.79 Å². The molecule has 0 saturated carbocycles. The quantitative estimate of drug-likeness (QED) is 0.576. The molecule has 30 heavy (non-hydrogen) atoms. The number of terminal acetylenes is 1. The van der Waals surface area contributed by atoms with E-state index in [4.69, 9.17) is 20.6 Å². The Labute approximate surface area is 177 Å². The van der Waals surface area contributed by atoms with Crippen LogP contribution in [0, 0.1) is 12.3 Å². The van der Waals surface area contributed by atoms with E-state index in [0.29, 0.717) is 13.1 Å². The smallest absolute Gasteiger partial charge is 0.223 e. The van der Waals surface area contributed by atoms with E-state index in [1.165, 1.54) is 6.26 Å². The van der Waals surface area contributed by atoms with Crippen LogP contribution in [0.1, 0.15) is 25.8 Å². The molecule has 0 radical (unpaired) electrons. The molecule has 0 bridgehead atoms. The Balaban J connectivity index is 1.57. The molecule has 1 aromatic rings. The highest BCUT2D eigenvalue weighted by molar-refractivity contribution is 7.90. The zero-order valence-corrected chi connectivity index (χ0v) is 18.2. The Hall–Kier alpha value is -1.96. The number of carbonyl (C=O) groups is 1. The van der Waals surface area contributed by atoms with Crippen LogP contribution in [0.4, 0.5) is 0 Å². The standard InChI is InChI=1S/C21H28N2O6S/c1-5-10-23-18(24)11-16-19-20(29-21(2,3)28-19)17(27-16)13-22-12-14-6-8-15(9-7-14)30(4,25)26/h1,6-9,16-17,19-20,22H,10-13H2,2-4H3,(H,23,24)/t16-,17+,19+,20+/m0/s1. The second-order valence-corrected chi connectivity index (χ2v) is 10.0. The van der Waals surface area contributed by atoms with E-state index in [1.807, 2.05) is 13.8 Å². The van der Waals surface area contributed by atoms with Gasteiger partial charge in [0.05, 0.1) is 30.1 Å². The van der Waals surface area contributed by atoms with Gasteiger partial charge in [-0.05, 0) is 31.5 Å². The molecule has 2 heterocycles. The first-order valence-electron chi connectivity index (χ1n) is 9.80. The van der Waals surface area contributed by atoms with Crippen LogP contribution in [0.25, 0.3) is 0 Å². The van der Waals surface area contributed by atoms with Gasteiger partial charge < -0.3 is 24.8 Å². The van der Waals surface area contributed by atoms with Crippen molar-refractivity contribution in [2.45, 2.75) is 61.9 Å². The van der Waals surface area contributed by atoms with Gasteiger partial charge in [0.1, 0.15) is 12.2 Å². The van der Waals surface area contributed by atoms with Gasteiger partial charge in [0.25, 0.3) is 0 Å². The maximum atomic E-state index is 12.1. The number of hydrogen-bond donors (Lipinski definition) is 2. The minimum Gasteiger partial charge on any atom is -0.367 e. The molecule has 164 valence electrons. The van der Waals surface area contributed by atoms with E-state index in [2.05, 4.69) is 16.6 Å². The summed E-state index contributed by atoms with van der Waals surface area (Å²) >= 11 is 0. The lowest BCUT2D eigenvalue weighted by atomic mass is 10.1. The number of amides is 1. The van der Waals surface area contributed by atoms with Crippen molar-refractivity contribution in [2.24, 2.45) is 0 Å². The summed E-state index contributed by atoms with van der Waals surface area (Å²) in [6.07, 6.45) is 5.19. The van der Waals surface area contributed by atoms with E-state index >= 15 is 0 Å². The maximum Gasteiger partial charge on any atom is 0.223 e. The van der Waals surface area contributed by atoms with Crippen LogP contribution in [0.3, 0.4) is 0 Å². The van der Waals surface area contributed by atoms with E-state index in [1.54, 1.807) is 24.3 Å². The molecule has 3 rings (SSSR count). The summed E-state index contributed by atoms with van der Waals surface area (Å²) < 4.78 is 41.2. The normalized spacial score (nSPS) is 27.4. The summed E-state index contributed by atoms with van der Waals surface area (Å²) in [5.74, 6) is 1.44. The molecule has 2 fully saturated rings. The Morgan fingerprint density at radius 2 is 1.80 bits per heavy atom. The van der Waals surface area contributed by atoms with Crippen molar-refractivity contribution in [3.8, 4) is 12.3 Å². The van der Waals surface area contributed by atoms with Crippen LogP contribution in [0.2, 0.25) is 0 Å². The fourth-order valence-corrected chi connectivity index (χ4v) is 4.35. The monoisotopic (exact) mass is 436 g/mol. The van der Waals surface area contributed by atoms with Crippen molar-refractivity contribution < 1.29 is 27.4 Å². The van der Waals surface area contributed by atoms with Crippen LogP contribution >= 0.6 is 0 Å². The number of rotatable bonds is 8. The number of nitrogens with one attached hydrogen (secondary N) is 2. The molecular formula is C21H28N2O6S. The van der Waals surface area contributed by atoms with Gasteiger partial charge >= 0.3 is 0 Å². The van der Waals surface area contributed by atoms with Crippen LogP contribution in [-0.4, -0.2) is 63.9 Å². The number of benzene rings is 1. The lowest BCUT2D eigenvalue weighted by Gasteiger charge is -2.24. The molecule has 0 spiro atoms. The SMILES string of the molecule is C#CCNC(=O)C[C@@H]1O[C@H](CNCc2ccc(S(C)(=O)=O)cc2)[C@H]2OC(C)(C)O[C@@H]21. The van der Waals surface area contributed by atoms with Gasteiger partial charge in [-0.15, -0.1) is 6.42 Å². The predicted octanol–water partition coefficient (Wildman–Crippen LogP) is 0.607. The average molecular weight is 437 g/mol. The van der Waals surface area contributed by atoms with Crippen LogP contribution in [0.5, 0.6) is 0 Å². The van der Waals surface area contributed by atoms with Gasteiger partial charge in [-0.25, -0.2) is 8.42 Å². The van der Waals surface area contributed by atoms with Gasteiger partial charge in [0.2, 0.25) is 5.91 Å². The molecule has 8 nitrogen and oxygen atoms in total. The molecule has 0 unspecified atom stereocenters. The topological polar surface area (TPSA) is 103 Å². The average Bonchev–Trinajstić information content (AvgIpc) is 3.14. The lowest BCUT2D eigenvalue weighted by Crippen LogP contribution is -2.37. The molecule has 1 amide bonds. The van der Waals surface area contributed by atoms with Crippen molar-refractivity contribution >= 4 is 15.7 Å². The molecule has 2 aliphatic rings. The second kappa shape index (κ2) is 9.04.